The molecule has 74 valence electrons. The summed E-state index contributed by atoms with van der Waals surface area (Å²) in [5.74, 6) is 0.791. The summed E-state index contributed by atoms with van der Waals surface area (Å²) in [5.41, 5.74) is 2.21. The smallest absolute Gasteiger partial charge is 0.147 e. The number of hydrogen-bond donors (Lipinski definition) is 0. The second-order valence-electron chi connectivity index (χ2n) is 2.99. The van der Waals surface area contributed by atoms with E-state index in [1.807, 2.05) is 26.8 Å². The van der Waals surface area contributed by atoms with Crippen LogP contribution in [0.4, 0.5) is 0 Å². The van der Waals surface area contributed by atoms with Crippen LogP contribution in [0.3, 0.4) is 0 Å². The maximum atomic E-state index is 8.90. The highest BCUT2D eigenvalue weighted by molar-refractivity contribution is 5.43. The molecule has 1 aromatic rings. The van der Waals surface area contributed by atoms with Gasteiger partial charge in [-0.1, -0.05) is 6.92 Å². The fraction of sp³-hybridized carbons (Fsp3) is 0.455. The molecule has 0 atom stereocenters. The summed E-state index contributed by atoms with van der Waals surface area (Å²) < 4.78 is 5.46. The number of aromatic nitrogens is 1. The molecule has 0 aliphatic rings. The Morgan fingerprint density at radius 2 is 2.21 bits per heavy atom. The molecular weight excluding hydrogens is 176 g/mol. The van der Waals surface area contributed by atoms with Gasteiger partial charge in [-0.15, -0.1) is 0 Å². The molecule has 0 saturated carbocycles. The summed E-state index contributed by atoms with van der Waals surface area (Å²) >= 11 is 0. The SMILES string of the molecule is CCOc1cc(C)nc(C#N)c1CC. The van der Waals surface area contributed by atoms with Crippen molar-refractivity contribution in [1.82, 2.24) is 4.98 Å². The molecule has 1 aromatic heterocycles. The van der Waals surface area contributed by atoms with Crippen molar-refractivity contribution in [2.45, 2.75) is 27.2 Å². The molecule has 0 spiro atoms. The predicted octanol–water partition coefficient (Wildman–Crippen LogP) is 2.22. The van der Waals surface area contributed by atoms with Crippen molar-refractivity contribution in [3.8, 4) is 11.8 Å². The lowest BCUT2D eigenvalue weighted by Crippen LogP contribution is -2.01. The predicted molar refractivity (Wildman–Crippen MR) is 54.2 cm³/mol. The van der Waals surface area contributed by atoms with Crippen molar-refractivity contribution in [2.75, 3.05) is 6.61 Å². The van der Waals surface area contributed by atoms with Crippen LogP contribution in [0.25, 0.3) is 0 Å². The fourth-order valence-electron chi connectivity index (χ4n) is 1.39. The van der Waals surface area contributed by atoms with Gasteiger partial charge in [0.15, 0.2) is 0 Å². The lowest BCUT2D eigenvalue weighted by molar-refractivity contribution is 0.336. The Hall–Kier alpha value is -1.56. The van der Waals surface area contributed by atoms with Crippen LogP contribution in [0.1, 0.15) is 30.8 Å². The molecule has 0 aliphatic heterocycles. The Kier molecular flexibility index (Phi) is 3.47. The third-order valence-electron chi connectivity index (χ3n) is 1.97. The topological polar surface area (TPSA) is 45.9 Å². The van der Waals surface area contributed by atoms with E-state index in [0.29, 0.717) is 12.3 Å². The van der Waals surface area contributed by atoms with E-state index >= 15 is 0 Å². The van der Waals surface area contributed by atoms with Crippen LogP contribution in [0.15, 0.2) is 6.07 Å². The summed E-state index contributed by atoms with van der Waals surface area (Å²) in [4.78, 5) is 4.16. The first-order chi connectivity index (χ1) is 6.72. The average molecular weight is 190 g/mol. The van der Waals surface area contributed by atoms with Gasteiger partial charge in [0.05, 0.1) is 6.61 Å². The molecule has 0 unspecified atom stereocenters. The lowest BCUT2D eigenvalue weighted by Gasteiger charge is -2.10. The minimum absolute atomic E-state index is 0.482. The van der Waals surface area contributed by atoms with E-state index in [4.69, 9.17) is 10.00 Å². The maximum Gasteiger partial charge on any atom is 0.147 e. The van der Waals surface area contributed by atoms with Gasteiger partial charge in [-0.05, 0) is 20.3 Å². The van der Waals surface area contributed by atoms with Crippen molar-refractivity contribution in [2.24, 2.45) is 0 Å². The number of rotatable bonds is 3. The van der Waals surface area contributed by atoms with Crippen molar-refractivity contribution < 1.29 is 4.74 Å². The summed E-state index contributed by atoms with van der Waals surface area (Å²) in [5, 5.41) is 8.90. The van der Waals surface area contributed by atoms with Gasteiger partial charge in [0.25, 0.3) is 0 Å². The largest absolute Gasteiger partial charge is 0.493 e. The van der Waals surface area contributed by atoms with E-state index in [-0.39, 0.29) is 0 Å². The Morgan fingerprint density at radius 3 is 2.71 bits per heavy atom. The molecule has 0 amide bonds. The van der Waals surface area contributed by atoms with Crippen LogP contribution in [0, 0.1) is 18.3 Å². The number of aryl methyl sites for hydroxylation is 1. The summed E-state index contributed by atoms with van der Waals surface area (Å²) in [7, 11) is 0. The summed E-state index contributed by atoms with van der Waals surface area (Å²) in [6, 6.07) is 3.97. The van der Waals surface area contributed by atoms with E-state index in [1.165, 1.54) is 0 Å². The minimum atomic E-state index is 0.482. The zero-order valence-electron chi connectivity index (χ0n) is 8.79. The Morgan fingerprint density at radius 1 is 1.50 bits per heavy atom. The number of nitriles is 1. The van der Waals surface area contributed by atoms with E-state index in [0.717, 1.165) is 23.4 Å². The first kappa shape index (κ1) is 10.5. The van der Waals surface area contributed by atoms with Gasteiger partial charge in [0, 0.05) is 17.3 Å². The molecule has 0 saturated heterocycles. The highest BCUT2D eigenvalue weighted by Gasteiger charge is 2.09. The molecule has 3 heteroatoms. The molecule has 14 heavy (non-hydrogen) atoms. The second kappa shape index (κ2) is 4.61. The molecule has 0 aliphatic carbocycles. The molecule has 0 aromatic carbocycles. The number of hydrogen-bond acceptors (Lipinski definition) is 3. The van der Waals surface area contributed by atoms with Gasteiger partial charge >= 0.3 is 0 Å². The van der Waals surface area contributed by atoms with E-state index in [1.54, 1.807) is 0 Å². The Labute approximate surface area is 84.3 Å². The van der Waals surface area contributed by atoms with Crippen LogP contribution in [-0.4, -0.2) is 11.6 Å². The van der Waals surface area contributed by atoms with Crippen molar-refractivity contribution in [1.29, 1.82) is 5.26 Å². The Bertz CT molecular complexity index is 366. The number of nitrogens with zero attached hydrogens (tertiary/aromatic N) is 2. The standard InChI is InChI=1S/C11H14N2O/c1-4-9-10(7-12)13-8(3)6-11(9)14-5-2/h6H,4-5H2,1-3H3. The normalized spacial score (nSPS) is 9.57. The molecule has 0 radical (unpaired) electrons. The quantitative estimate of drug-likeness (QED) is 0.734. The third-order valence-corrected chi connectivity index (χ3v) is 1.97. The second-order valence-corrected chi connectivity index (χ2v) is 2.99. The molecule has 0 N–H and O–H groups in total. The first-order valence-electron chi connectivity index (χ1n) is 4.76. The zero-order chi connectivity index (χ0) is 10.6. The monoisotopic (exact) mass is 190 g/mol. The zero-order valence-corrected chi connectivity index (χ0v) is 8.79. The van der Waals surface area contributed by atoms with Crippen LogP contribution in [-0.2, 0) is 6.42 Å². The number of ether oxygens (including phenoxy) is 1. The van der Waals surface area contributed by atoms with Gasteiger partial charge in [-0.2, -0.15) is 5.26 Å². The van der Waals surface area contributed by atoms with E-state index in [2.05, 4.69) is 11.1 Å². The van der Waals surface area contributed by atoms with Crippen LogP contribution >= 0.6 is 0 Å². The van der Waals surface area contributed by atoms with Gasteiger partial charge < -0.3 is 4.74 Å². The average Bonchev–Trinajstić information content (AvgIpc) is 2.17. The molecular formula is C11H14N2O. The molecule has 3 nitrogen and oxygen atoms in total. The lowest BCUT2D eigenvalue weighted by atomic mass is 10.1. The van der Waals surface area contributed by atoms with Crippen LogP contribution in [0.5, 0.6) is 5.75 Å². The van der Waals surface area contributed by atoms with E-state index in [9.17, 15) is 0 Å². The minimum Gasteiger partial charge on any atom is -0.493 e. The summed E-state index contributed by atoms with van der Waals surface area (Å²) in [6.07, 6.45) is 0.769. The third kappa shape index (κ3) is 2.02. The highest BCUT2D eigenvalue weighted by atomic mass is 16.5. The highest BCUT2D eigenvalue weighted by Crippen LogP contribution is 2.22. The molecule has 1 rings (SSSR count). The van der Waals surface area contributed by atoms with E-state index < -0.39 is 0 Å². The molecule has 0 fully saturated rings. The molecule has 0 bridgehead atoms. The van der Waals surface area contributed by atoms with Crippen molar-refractivity contribution in [3.63, 3.8) is 0 Å². The van der Waals surface area contributed by atoms with Gasteiger partial charge in [0.1, 0.15) is 17.5 Å². The first-order valence-corrected chi connectivity index (χ1v) is 4.76. The van der Waals surface area contributed by atoms with Crippen molar-refractivity contribution in [3.05, 3.63) is 23.0 Å². The van der Waals surface area contributed by atoms with Crippen LogP contribution in [0.2, 0.25) is 0 Å². The Balaban J connectivity index is 3.26. The summed E-state index contributed by atoms with van der Waals surface area (Å²) in [6.45, 7) is 6.40. The van der Waals surface area contributed by atoms with Crippen molar-refractivity contribution >= 4 is 0 Å². The number of pyridine rings is 1. The van der Waals surface area contributed by atoms with Crippen LogP contribution < -0.4 is 4.74 Å². The van der Waals surface area contributed by atoms with Gasteiger partial charge in [-0.3, -0.25) is 0 Å². The fourth-order valence-corrected chi connectivity index (χ4v) is 1.39. The molecule has 1 heterocycles. The van der Waals surface area contributed by atoms with Gasteiger partial charge in [-0.25, -0.2) is 4.98 Å². The van der Waals surface area contributed by atoms with Gasteiger partial charge in [0.2, 0.25) is 0 Å². The maximum absolute atomic E-state index is 8.90.